The van der Waals surface area contributed by atoms with Crippen molar-refractivity contribution >= 4 is 5.69 Å². The molecule has 1 aromatic rings. The molecule has 0 atom stereocenters. The molecule has 0 aliphatic heterocycles. The lowest BCUT2D eigenvalue weighted by atomic mass is 10.1. The van der Waals surface area contributed by atoms with Gasteiger partial charge in [0, 0.05) is 0 Å². The van der Waals surface area contributed by atoms with E-state index < -0.39 is 34.8 Å². The fraction of sp³-hybridized carbons (Fsp3) is 0.500. The monoisotopic (exact) mass is 268 g/mol. The third kappa shape index (κ3) is 1.98. The third-order valence-electron chi connectivity index (χ3n) is 3.48. The minimum Gasteiger partial charge on any atom is -0.287 e. The molecule has 1 rings (SSSR count). The summed E-state index contributed by atoms with van der Waals surface area (Å²) < 4.78 is 66.5. The predicted octanol–water partition coefficient (Wildman–Crippen LogP) is 3.75. The highest BCUT2D eigenvalue weighted by molar-refractivity contribution is 5.47. The molecule has 0 saturated carbocycles. The molecule has 0 heterocycles. The highest BCUT2D eigenvalue weighted by Crippen LogP contribution is 2.34. The van der Waals surface area contributed by atoms with Gasteiger partial charge in [-0.2, -0.15) is 8.78 Å². The van der Waals surface area contributed by atoms with Crippen LogP contribution in [0.2, 0.25) is 0 Å². The van der Waals surface area contributed by atoms with E-state index in [9.17, 15) is 22.0 Å². The molecule has 0 radical (unpaired) electrons. The van der Waals surface area contributed by atoms with Gasteiger partial charge in [-0.05, 0) is 20.8 Å². The molecular weight excluding hydrogens is 253 g/mol. The quantitative estimate of drug-likeness (QED) is 0.338. The van der Waals surface area contributed by atoms with Crippen LogP contribution in [0, 0.1) is 29.1 Å². The van der Waals surface area contributed by atoms with Crippen molar-refractivity contribution in [1.29, 1.82) is 0 Å². The number of nitrogens with zero attached hydrogens (tertiary/aromatic N) is 1. The molecular formula is C12H15F5N+. The number of benzene rings is 1. The van der Waals surface area contributed by atoms with Crippen LogP contribution >= 0.6 is 0 Å². The van der Waals surface area contributed by atoms with Gasteiger partial charge in [0.15, 0.2) is 0 Å². The third-order valence-corrected chi connectivity index (χ3v) is 3.48. The second kappa shape index (κ2) is 5.22. The van der Waals surface area contributed by atoms with Gasteiger partial charge in [0.1, 0.15) is 0 Å². The second-order valence-electron chi connectivity index (χ2n) is 4.01. The lowest BCUT2D eigenvalue weighted by molar-refractivity contribution is 0.276. The Bertz CT molecular complexity index is 417. The Morgan fingerprint density at radius 1 is 0.611 bits per heavy atom. The molecule has 6 heteroatoms. The van der Waals surface area contributed by atoms with Gasteiger partial charge in [-0.15, -0.1) is 0 Å². The lowest BCUT2D eigenvalue weighted by Gasteiger charge is -2.35. The summed E-state index contributed by atoms with van der Waals surface area (Å²) in [5, 5.41) is 0. The minimum atomic E-state index is -2.12. The molecule has 0 spiro atoms. The first-order valence-electron chi connectivity index (χ1n) is 5.74. The average molecular weight is 268 g/mol. The van der Waals surface area contributed by atoms with E-state index in [0.29, 0.717) is 0 Å². The van der Waals surface area contributed by atoms with Crippen LogP contribution in [0.3, 0.4) is 0 Å². The second-order valence-corrected chi connectivity index (χ2v) is 4.01. The maximum absolute atomic E-state index is 13.7. The summed E-state index contributed by atoms with van der Waals surface area (Å²) in [5.74, 6) is -9.37. The van der Waals surface area contributed by atoms with E-state index in [1.807, 2.05) is 0 Å². The van der Waals surface area contributed by atoms with Crippen molar-refractivity contribution in [3.8, 4) is 0 Å². The van der Waals surface area contributed by atoms with Gasteiger partial charge in [0.05, 0.1) is 19.6 Å². The van der Waals surface area contributed by atoms with Crippen molar-refractivity contribution in [1.82, 2.24) is 4.48 Å². The van der Waals surface area contributed by atoms with E-state index in [1.54, 1.807) is 20.8 Å². The van der Waals surface area contributed by atoms with Gasteiger partial charge < -0.3 is 0 Å². The van der Waals surface area contributed by atoms with Crippen LogP contribution < -0.4 is 4.48 Å². The van der Waals surface area contributed by atoms with Crippen molar-refractivity contribution in [3.63, 3.8) is 0 Å². The fourth-order valence-corrected chi connectivity index (χ4v) is 2.15. The van der Waals surface area contributed by atoms with Crippen LogP contribution in [-0.4, -0.2) is 19.6 Å². The van der Waals surface area contributed by atoms with Gasteiger partial charge in [0.25, 0.3) is 0 Å². The first kappa shape index (κ1) is 14.9. The molecule has 0 aliphatic carbocycles. The molecule has 0 bridgehead atoms. The Morgan fingerprint density at radius 2 is 0.889 bits per heavy atom. The molecule has 102 valence electrons. The summed E-state index contributed by atoms with van der Waals surface area (Å²) in [5.41, 5.74) is -0.751. The topological polar surface area (TPSA) is 0 Å². The van der Waals surface area contributed by atoms with Crippen molar-refractivity contribution < 1.29 is 22.0 Å². The van der Waals surface area contributed by atoms with Gasteiger partial charge in [-0.1, -0.05) is 0 Å². The zero-order chi connectivity index (χ0) is 14.1. The molecule has 1 nitrogen and oxygen atoms in total. The smallest absolute Gasteiger partial charge is 0.225 e. The SMILES string of the molecule is CC[N+](CC)(CC)c1c(F)c(F)c(F)c(F)c1F. The number of hydrogen-bond donors (Lipinski definition) is 0. The normalized spacial score (nSPS) is 12.0. The molecule has 0 amide bonds. The first-order valence-corrected chi connectivity index (χ1v) is 5.74. The highest BCUT2D eigenvalue weighted by Gasteiger charge is 2.38. The molecule has 0 unspecified atom stereocenters. The van der Waals surface area contributed by atoms with E-state index in [-0.39, 0.29) is 24.1 Å². The van der Waals surface area contributed by atoms with Gasteiger partial charge in [0.2, 0.25) is 34.8 Å². The summed E-state index contributed by atoms with van der Waals surface area (Å²) in [6.07, 6.45) is 0. The van der Waals surface area contributed by atoms with Crippen LogP contribution in [0.15, 0.2) is 0 Å². The summed E-state index contributed by atoms with van der Waals surface area (Å²) in [6, 6.07) is 0. The predicted molar refractivity (Wildman–Crippen MR) is 59.6 cm³/mol. The van der Waals surface area contributed by atoms with Crippen LogP contribution in [-0.2, 0) is 0 Å². The number of rotatable bonds is 4. The summed E-state index contributed by atoms with van der Waals surface area (Å²) in [4.78, 5) is 0. The first-order chi connectivity index (χ1) is 8.36. The van der Waals surface area contributed by atoms with E-state index in [4.69, 9.17) is 0 Å². The maximum Gasteiger partial charge on any atom is 0.225 e. The van der Waals surface area contributed by atoms with Crippen LogP contribution in [0.5, 0.6) is 0 Å². The zero-order valence-corrected chi connectivity index (χ0v) is 10.5. The van der Waals surface area contributed by atoms with Crippen LogP contribution in [0.1, 0.15) is 20.8 Å². The van der Waals surface area contributed by atoms with Gasteiger partial charge in [-0.3, -0.25) is 4.48 Å². The Balaban J connectivity index is 3.69. The van der Waals surface area contributed by atoms with E-state index in [1.165, 1.54) is 0 Å². The Labute approximate surface area is 102 Å². The summed E-state index contributed by atoms with van der Waals surface area (Å²) in [7, 11) is 0. The Hall–Kier alpha value is -1.17. The standard InChI is InChI=1S/C12H15F5N/c1-4-18(5-2,6-3)12-10(16)8(14)7(13)9(15)11(12)17/h4-6H2,1-3H3/q+1. The van der Waals surface area contributed by atoms with Gasteiger partial charge >= 0.3 is 0 Å². The summed E-state index contributed by atoms with van der Waals surface area (Å²) >= 11 is 0. The molecule has 0 fully saturated rings. The fourth-order valence-electron chi connectivity index (χ4n) is 2.15. The molecule has 1 aromatic carbocycles. The van der Waals surface area contributed by atoms with Crippen LogP contribution in [0.25, 0.3) is 0 Å². The lowest BCUT2D eigenvalue weighted by Crippen LogP contribution is -2.50. The molecule has 0 aliphatic rings. The van der Waals surface area contributed by atoms with E-state index in [2.05, 4.69) is 0 Å². The molecule has 0 N–H and O–H groups in total. The van der Waals surface area contributed by atoms with Crippen molar-refractivity contribution in [3.05, 3.63) is 29.1 Å². The van der Waals surface area contributed by atoms with Crippen LogP contribution in [0.4, 0.5) is 27.6 Å². The van der Waals surface area contributed by atoms with Crippen molar-refractivity contribution in [2.45, 2.75) is 20.8 Å². The molecule has 0 aromatic heterocycles. The van der Waals surface area contributed by atoms with Crippen molar-refractivity contribution in [2.75, 3.05) is 19.6 Å². The largest absolute Gasteiger partial charge is 0.287 e. The summed E-state index contributed by atoms with van der Waals surface area (Å²) in [6.45, 7) is 5.66. The average Bonchev–Trinajstić information content (AvgIpc) is 2.39. The minimum absolute atomic E-state index is 0.241. The number of hydrogen-bond acceptors (Lipinski definition) is 0. The van der Waals surface area contributed by atoms with E-state index >= 15 is 0 Å². The number of halogens is 5. The Kier molecular flexibility index (Phi) is 4.32. The number of quaternary nitrogens is 1. The Morgan fingerprint density at radius 3 is 1.17 bits per heavy atom. The van der Waals surface area contributed by atoms with Gasteiger partial charge in [-0.25, -0.2) is 13.2 Å². The molecule has 18 heavy (non-hydrogen) atoms. The van der Waals surface area contributed by atoms with E-state index in [0.717, 1.165) is 0 Å². The maximum atomic E-state index is 13.7. The van der Waals surface area contributed by atoms with Crippen molar-refractivity contribution in [2.24, 2.45) is 0 Å². The highest BCUT2D eigenvalue weighted by atomic mass is 19.2. The zero-order valence-electron chi connectivity index (χ0n) is 10.5. The molecule has 0 saturated heterocycles.